The van der Waals surface area contributed by atoms with Gasteiger partial charge in [-0.3, -0.25) is 4.79 Å². The van der Waals surface area contributed by atoms with E-state index >= 15 is 0 Å². The Balaban J connectivity index is 2.55. The van der Waals surface area contributed by atoms with Crippen LogP contribution < -0.4 is 11.1 Å². The van der Waals surface area contributed by atoms with Crippen molar-refractivity contribution in [3.8, 4) is 0 Å². The minimum atomic E-state index is -0.182. The molecule has 0 spiro atoms. The van der Waals surface area contributed by atoms with Gasteiger partial charge in [-0.2, -0.15) is 0 Å². The lowest BCUT2D eigenvalue weighted by atomic mass is 10.2. The first-order valence-electron chi connectivity index (χ1n) is 5.49. The highest BCUT2D eigenvalue weighted by Gasteiger charge is 2.09. The number of anilines is 1. The third-order valence-electron chi connectivity index (χ3n) is 2.26. The molecule has 17 heavy (non-hydrogen) atoms. The summed E-state index contributed by atoms with van der Waals surface area (Å²) >= 11 is 5.84. The van der Waals surface area contributed by atoms with Crippen molar-refractivity contribution < 1.29 is 9.53 Å². The topological polar surface area (TPSA) is 64.3 Å². The second-order valence-corrected chi connectivity index (χ2v) is 4.12. The molecule has 0 saturated carbocycles. The van der Waals surface area contributed by atoms with Crippen molar-refractivity contribution in [2.24, 2.45) is 0 Å². The number of halogens is 1. The predicted octanol–water partition coefficient (Wildman–Crippen LogP) is 2.08. The number of hydrogen-bond donors (Lipinski definition) is 2. The van der Waals surface area contributed by atoms with Crippen molar-refractivity contribution in [3.63, 3.8) is 0 Å². The Morgan fingerprint density at radius 2 is 2.29 bits per heavy atom. The van der Waals surface area contributed by atoms with Crippen LogP contribution in [0, 0.1) is 0 Å². The smallest absolute Gasteiger partial charge is 0.251 e. The second kappa shape index (κ2) is 6.47. The van der Waals surface area contributed by atoms with Gasteiger partial charge in [-0.05, 0) is 32.0 Å². The summed E-state index contributed by atoms with van der Waals surface area (Å²) in [5.41, 5.74) is 6.52. The SMILES string of the molecule is CCOC(C)CNC(=O)c1ccc(N)c(Cl)c1. The number of benzene rings is 1. The van der Waals surface area contributed by atoms with E-state index in [-0.39, 0.29) is 12.0 Å². The molecule has 3 N–H and O–H groups in total. The molecule has 0 heterocycles. The first-order valence-corrected chi connectivity index (χ1v) is 5.87. The van der Waals surface area contributed by atoms with E-state index < -0.39 is 0 Å². The Labute approximate surface area is 106 Å². The number of carbonyl (C=O) groups excluding carboxylic acids is 1. The summed E-state index contributed by atoms with van der Waals surface area (Å²) in [5, 5.41) is 3.15. The number of nitrogens with one attached hydrogen (secondary N) is 1. The first-order chi connectivity index (χ1) is 8.04. The third-order valence-corrected chi connectivity index (χ3v) is 2.59. The van der Waals surface area contributed by atoms with E-state index in [0.29, 0.717) is 29.4 Å². The molecule has 94 valence electrons. The van der Waals surface area contributed by atoms with Crippen LogP contribution in [-0.4, -0.2) is 25.2 Å². The standard InChI is InChI=1S/C12H17ClN2O2/c1-3-17-8(2)7-15-12(16)9-4-5-11(14)10(13)6-9/h4-6,8H,3,7,14H2,1-2H3,(H,15,16). The van der Waals surface area contributed by atoms with Gasteiger partial charge in [0.05, 0.1) is 16.8 Å². The molecular weight excluding hydrogens is 240 g/mol. The molecule has 0 aromatic heterocycles. The van der Waals surface area contributed by atoms with Gasteiger partial charge < -0.3 is 15.8 Å². The fourth-order valence-electron chi connectivity index (χ4n) is 1.35. The Kier molecular flexibility index (Phi) is 5.25. The van der Waals surface area contributed by atoms with Crippen molar-refractivity contribution in [1.82, 2.24) is 5.32 Å². The van der Waals surface area contributed by atoms with Crippen LogP contribution >= 0.6 is 11.6 Å². The van der Waals surface area contributed by atoms with Gasteiger partial charge in [0.25, 0.3) is 5.91 Å². The van der Waals surface area contributed by atoms with Crippen LogP contribution in [0.25, 0.3) is 0 Å². The van der Waals surface area contributed by atoms with Gasteiger partial charge in [-0.25, -0.2) is 0 Å². The Morgan fingerprint density at radius 1 is 1.59 bits per heavy atom. The maximum atomic E-state index is 11.8. The van der Waals surface area contributed by atoms with E-state index in [1.807, 2.05) is 13.8 Å². The van der Waals surface area contributed by atoms with E-state index in [2.05, 4.69) is 5.32 Å². The Hall–Kier alpha value is -1.26. The summed E-state index contributed by atoms with van der Waals surface area (Å²) in [7, 11) is 0. The second-order valence-electron chi connectivity index (χ2n) is 3.71. The molecule has 5 heteroatoms. The molecule has 1 amide bonds. The predicted molar refractivity (Wildman–Crippen MR) is 69.3 cm³/mol. The zero-order valence-electron chi connectivity index (χ0n) is 10.00. The summed E-state index contributed by atoms with van der Waals surface area (Å²) in [6.07, 6.45) is -0.00629. The molecule has 0 aliphatic rings. The van der Waals surface area contributed by atoms with Crippen LogP contribution in [0.5, 0.6) is 0 Å². The van der Waals surface area contributed by atoms with Gasteiger partial charge in [0, 0.05) is 18.7 Å². The number of nitrogen functional groups attached to an aromatic ring is 1. The monoisotopic (exact) mass is 256 g/mol. The van der Waals surface area contributed by atoms with Gasteiger partial charge in [0.15, 0.2) is 0 Å². The minimum absolute atomic E-state index is 0.00629. The summed E-state index contributed by atoms with van der Waals surface area (Å²) in [6.45, 7) is 4.91. The van der Waals surface area contributed by atoms with Gasteiger partial charge in [0.1, 0.15) is 0 Å². The summed E-state index contributed by atoms with van der Waals surface area (Å²) in [6, 6.07) is 4.81. The van der Waals surface area contributed by atoms with E-state index in [0.717, 1.165) is 0 Å². The maximum Gasteiger partial charge on any atom is 0.251 e. The van der Waals surface area contributed by atoms with Gasteiger partial charge in [0.2, 0.25) is 0 Å². The number of carbonyl (C=O) groups is 1. The van der Waals surface area contributed by atoms with Gasteiger partial charge >= 0.3 is 0 Å². The minimum Gasteiger partial charge on any atom is -0.398 e. The first kappa shape index (κ1) is 13.8. The lowest BCUT2D eigenvalue weighted by Crippen LogP contribution is -2.32. The molecule has 1 atom stereocenters. The molecule has 1 rings (SSSR count). The number of hydrogen-bond acceptors (Lipinski definition) is 3. The van der Waals surface area contributed by atoms with Crippen LogP contribution in [-0.2, 0) is 4.74 Å². The van der Waals surface area contributed by atoms with Crippen molar-refractivity contribution >= 4 is 23.2 Å². The average Bonchev–Trinajstić information content (AvgIpc) is 2.30. The van der Waals surface area contributed by atoms with E-state index in [4.69, 9.17) is 22.1 Å². The molecule has 0 saturated heterocycles. The Bertz CT molecular complexity index is 396. The molecule has 0 aliphatic heterocycles. The Morgan fingerprint density at radius 3 is 2.88 bits per heavy atom. The highest BCUT2D eigenvalue weighted by atomic mass is 35.5. The van der Waals surface area contributed by atoms with Crippen molar-refractivity contribution in [1.29, 1.82) is 0 Å². The fraction of sp³-hybridized carbons (Fsp3) is 0.417. The molecule has 0 aliphatic carbocycles. The van der Waals surface area contributed by atoms with Crippen LogP contribution in [0.1, 0.15) is 24.2 Å². The maximum absolute atomic E-state index is 11.8. The van der Waals surface area contributed by atoms with Crippen molar-refractivity contribution in [2.75, 3.05) is 18.9 Å². The molecular formula is C12H17ClN2O2. The zero-order chi connectivity index (χ0) is 12.8. The largest absolute Gasteiger partial charge is 0.398 e. The molecule has 1 aromatic rings. The fourth-order valence-corrected chi connectivity index (χ4v) is 1.53. The van der Waals surface area contributed by atoms with E-state index in [9.17, 15) is 4.79 Å². The lowest BCUT2D eigenvalue weighted by Gasteiger charge is -2.12. The van der Waals surface area contributed by atoms with Crippen LogP contribution in [0.4, 0.5) is 5.69 Å². The molecule has 4 nitrogen and oxygen atoms in total. The van der Waals surface area contributed by atoms with Crippen LogP contribution in [0.2, 0.25) is 5.02 Å². The summed E-state index contributed by atoms with van der Waals surface area (Å²) in [4.78, 5) is 11.8. The molecule has 0 bridgehead atoms. The van der Waals surface area contributed by atoms with E-state index in [1.54, 1.807) is 18.2 Å². The number of rotatable bonds is 5. The highest BCUT2D eigenvalue weighted by Crippen LogP contribution is 2.19. The number of nitrogens with two attached hydrogens (primary N) is 1. The number of ether oxygens (including phenoxy) is 1. The summed E-state index contributed by atoms with van der Waals surface area (Å²) in [5.74, 6) is -0.182. The lowest BCUT2D eigenvalue weighted by molar-refractivity contribution is 0.0695. The molecule has 0 radical (unpaired) electrons. The highest BCUT2D eigenvalue weighted by molar-refractivity contribution is 6.33. The van der Waals surface area contributed by atoms with Crippen LogP contribution in [0.15, 0.2) is 18.2 Å². The third kappa shape index (κ3) is 4.24. The summed E-state index contributed by atoms with van der Waals surface area (Å²) < 4.78 is 5.31. The van der Waals surface area contributed by atoms with E-state index in [1.165, 1.54) is 0 Å². The van der Waals surface area contributed by atoms with Gasteiger partial charge in [-0.15, -0.1) is 0 Å². The molecule has 0 fully saturated rings. The average molecular weight is 257 g/mol. The van der Waals surface area contributed by atoms with Crippen molar-refractivity contribution in [3.05, 3.63) is 28.8 Å². The quantitative estimate of drug-likeness (QED) is 0.793. The zero-order valence-corrected chi connectivity index (χ0v) is 10.8. The molecule has 1 unspecified atom stereocenters. The van der Waals surface area contributed by atoms with Crippen molar-refractivity contribution in [2.45, 2.75) is 20.0 Å². The van der Waals surface area contributed by atoms with Gasteiger partial charge in [-0.1, -0.05) is 11.6 Å². The number of amides is 1. The van der Waals surface area contributed by atoms with Crippen LogP contribution in [0.3, 0.4) is 0 Å². The molecule has 1 aromatic carbocycles. The normalized spacial score (nSPS) is 12.2.